The third-order valence-corrected chi connectivity index (χ3v) is 5.36. The summed E-state index contributed by atoms with van der Waals surface area (Å²) in [7, 11) is 0. The van der Waals surface area contributed by atoms with Crippen molar-refractivity contribution in [1.29, 1.82) is 0 Å². The number of hydrogen-bond acceptors (Lipinski definition) is 3. The summed E-state index contributed by atoms with van der Waals surface area (Å²) < 4.78 is 1.84. The van der Waals surface area contributed by atoms with Gasteiger partial charge >= 0.3 is 0 Å². The molecule has 1 aromatic heterocycles. The molecule has 29 heavy (non-hydrogen) atoms. The quantitative estimate of drug-likeness (QED) is 0.750. The summed E-state index contributed by atoms with van der Waals surface area (Å²) in [5.41, 5.74) is 4.92. The molecule has 1 fully saturated rings. The standard InChI is InChI=1S/C23H24N4O2/c1-15-8-7-9-18(14-15)23(29)26-13-12-24-22(28)21(26)20-16(2)25-27(17(20)3)19-10-5-4-6-11-19/h4-11,14,21H,12-13H2,1-3H3,(H,24,28)/t21-/m0/s1. The van der Waals surface area contributed by atoms with Crippen molar-refractivity contribution < 1.29 is 9.59 Å². The number of amides is 2. The summed E-state index contributed by atoms with van der Waals surface area (Å²) in [5.74, 6) is -0.309. The number of carbonyl (C=O) groups is 2. The molecule has 0 spiro atoms. The molecule has 4 rings (SSSR count). The zero-order valence-electron chi connectivity index (χ0n) is 16.8. The second-order valence-corrected chi connectivity index (χ2v) is 7.39. The molecule has 1 saturated heterocycles. The van der Waals surface area contributed by atoms with E-state index in [1.807, 2.05) is 74.0 Å². The molecule has 2 amide bonds. The van der Waals surface area contributed by atoms with Crippen molar-refractivity contribution in [3.63, 3.8) is 0 Å². The largest absolute Gasteiger partial charge is 0.352 e. The Morgan fingerprint density at radius 1 is 1.07 bits per heavy atom. The molecule has 0 saturated carbocycles. The molecule has 6 heteroatoms. The lowest BCUT2D eigenvalue weighted by Gasteiger charge is -2.35. The van der Waals surface area contributed by atoms with Crippen molar-refractivity contribution in [1.82, 2.24) is 20.0 Å². The minimum atomic E-state index is -0.700. The number of piperazine rings is 1. The Bertz CT molecular complexity index is 1070. The first-order chi connectivity index (χ1) is 14.0. The van der Waals surface area contributed by atoms with Crippen molar-refractivity contribution in [2.75, 3.05) is 13.1 Å². The maximum atomic E-state index is 13.3. The number of nitrogens with one attached hydrogen (secondary N) is 1. The van der Waals surface area contributed by atoms with Crippen molar-refractivity contribution in [3.05, 3.63) is 82.7 Å². The van der Waals surface area contributed by atoms with Crippen molar-refractivity contribution in [3.8, 4) is 5.69 Å². The molecule has 0 unspecified atom stereocenters. The highest BCUT2D eigenvalue weighted by atomic mass is 16.2. The van der Waals surface area contributed by atoms with Gasteiger partial charge in [-0.15, -0.1) is 0 Å². The van der Waals surface area contributed by atoms with Gasteiger partial charge in [0.2, 0.25) is 5.91 Å². The smallest absolute Gasteiger partial charge is 0.254 e. The first-order valence-electron chi connectivity index (χ1n) is 9.74. The minimum Gasteiger partial charge on any atom is -0.352 e. The molecule has 2 aromatic carbocycles. The predicted molar refractivity (Wildman–Crippen MR) is 111 cm³/mol. The van der Waals surface area contributed by atoms with E-state index in [9.17, 15) is 9.59 Å². The van der Waals surface area contributed by atoms with Gasteiger partial charge in [-0.25, -0.2) is 4.68 Å². The topological polar surface area (TPSA) is 67.2 Å². The van der Waals surface area contributed by atoms with Gasteiger partial charge in [-0.3, -0.25) is 9.59 Å². The summed E-state index contributed by atoms with van der Waals surface area (Å²) in [4.78, 5) is 27.9. The number of aryl methyl sites for hydroxylation is 2. The molecule has 1 atom stereocenters. The fraction of sp³-hybridized carbons (Fsp3) is 0.261. The van der Waals surface area contributed by atoms with Gasteiger partial charge in [-0.1, -0.05) is 35.9 Å². The molecular formula is C23H24N4O2. The van der Waals surface area contributed by atoms with Crippen LogP contribution in [0.4, 0.5) is 0 Å². The molecule has 148 valence electrons. The van der Waals surface area contributed by atoms with E-state index in [1.165, 1.54) is 0 Å². The van der Waals surface area contributed by atoms with Crippen LogP contribution < -0.4 is 5.32 Å². The van der Waals surface area contributed by atoms with Gasteiger partial charge in [0.25, 0.3) is 5.91 Å². The first-order valence-corrected chi connectivity index (χ1v) is 9.74. The first kappa shape index (κ1) is 18.9. The molecule has 1 N–H and O–H groups in total. The Balaban J connectivity index is 1.78. The van der Waals surface area contributed by atoms with Crippen molar-refractivity contribution in [2.24, 2.45) is 0 Å². The third kappa shape index (κ3) is 3.42. The van der Waals surface area contributed by atoms with Crippen LogP contribution in [0.1, 0.15) is 38.9 Å². The molecule has 1 aliphatic heterocycles. The molecule has 2 heterocycles. The van der Waals surface area contributed by atoms with Crippen LogP contribution in [0.15, 0.2) is 54.6 Å². The monoisotopic (exact) mass is 388 g/mol. The van der Waals surface area contributed by atoms with Gasteiger partial charge in [0.05, 0.1) is 11.4 Å². The number of nitrogens with zero attached hydrogens (tertiary/aromatic N) is 3. The molecule has 1 aliphatic rings. The van der Waals surface area contributed by atoms with Crippen molar-refractivity contribution in [2.45, 2.75) is 26.8 Å². The van der Waals surface area contributed by atoms with Gasteiger partial charge in [-0.2, -0.15) is 5.10 Å². The van der Waals surface area contributed by atoms with E-state index < -0.39 is 6.04 Å². The van der Waals surface area contributed by atoms with Gasteiger partial charge in [0.15, 0.2) is 0 Å². The molecule has 0 radical (unpaired) electrons. The van der Waals surface area contributed by atoms with E-state index in [2.05, 4.69) is 10.4 Å². The average Bonchev–Trinajstić information content (AvgIpc) is 3.02. The highest BCUT2D eigenvalue weighted by molar-refractivity contribution is 5.98. The zero-order valence-corrected chi connectivity index (χ0v) is 16.8. The van der Waals surface area contributed by atoms with Gasteiger partial charge < -0.3 is 10.2 Å². The van der Waals surface area contributed by atoms with Crippen LogP contribution in [-0.4, -0.2) is 39.6 Å². The molecule has 0 bridgehead atoms. The lowest BCUT2D eigenvalue weighted by Crippen LogP contribution is -2.52. The maximum absolute atomic E-state index is 13.3. The molecule has 6 nitrogen and oxygen atoms in total. The van der Waals surface area contributed by atoms with E-state index in [4.69, 9.17) is 0 Å². The number of rotatable bonds is 3. The lowest BCUT2D eigenvalue weighted by atomic mass is 9.99. The van der Waals surface area contributed by atoms with Gasteiger partial charge in [0, 0.05) is 29.9 Å². The van der Waals surface area contributed by atoms with E-state index in [0.717, 1.165) is 28.2 Å². The summed E-state index contributed by atoms with van der Waals surface area (Å²) >= 11 is 0. The average molecular weight is 388 g/mol. The lowest BCUT2D eigenvalue weighted by molar-refractivity contribution is -0.128. The normalized spacial score (nSPS) is 16.6. The van der Waals surface area contributed by atoms with Gasteiger partial charge in [-0.05, 0) is 45.0 Å². The Hall–Kier alpha value is -3.41. The van der Waals surface area contributed by atoms with Crippen LogP contribution in [0, 0.1) is 20.8 Å². The van der Waals surface area contributed by atoms with E-state index in [0.29, 0.717) is 18.7 Å². The Labute approximate surface area is 170 Å². The maximum Gasteiger partial charge on any atom is 0.254 e. The Kier molecular flexibility index (Phi) is 4.92. The Morgan fingerprint density at radius 3 is 2.55 bits per heavy atom. The number of carbonyl (C=O) groups excluding carboxylic acids is 2. The van der Waals surface area contributed by atoms with Crippen LogP contribution >= 0.6 is 0 Å². The zero-order chi connectivity index (χ0) is 20.5. The van der Waals surface area contributed by atoms with Crippen LogP contribution in [0.3, 0.4) is 0 Å². The summed E-state index contributed by atoms with van der Waals surface area (Å²) in [6, 6.07) is 16.6. The summed E-state index contributed by atoms with van der Waals surface area (Å²) in [6.07, 6.45) is 0. The number of aromatic nitrogens is 2. The highest BCUT2D eigenvalue weighted by Gasteiger charge is 2.38. The molecular weight excluding hydrogens is 364 g/mol. The van der Waals surface area contributed by atoms with Gasteiger partial charge in [0.1, 0.15) is 6.04 Å². The second-order valence-electron chi connectivity index (χ2n) is 7.39. The minimum absolute atomic E-state index is 0.139. The number of hydrogen-bond donors (Lipinski definition) is 1. The molecule has 0 aliphatic carbocycles. The predicted octanol–water partition coefficient (Wildman–Crippen LogP) is 3.11. The third-order valence-electron chi connectivity index (χ3n) is 5.36. The van der Waals surface area contributed by atoms with Crippen LogP contribution in [0.2, 0.25) is 0 Å². The van der Waals surface area contributed by atoms with E-state index in [1.54, 1.807) is 11.0 Å². The fourth-order valence-electron chi connectivity index (χ4n) is 3.99. The van der Waals surface area contributed by atoms with E-state index in [-0.39, 0.29) is 11.8 Å². The number of para-hydroxylation sites is 1. The summed E-state index contributed by atoms with van der Waals surface area (Å²) in [5, 5.41) is 7.58. The second kappa shape index (κ2) is 7.54. The van der Waals surface area contributed by atoms with Crippen LogP contribution in [-0.2, 0) is 4.79 Å². The Morgan fingerprint density at radius 2 is 1.83 bits per heavy atom. The van der Waals surface area contributed by atoms with Crippen LogP contribution in [0.5, 0.6) is 0 Å². The molecule has 3 aromatic rings. The van der Waals surface area contributed by atoms with E-state index >= 15 is 0 Å². The van der Waals surface area contributed by atoms with Crippen LogP contribution in [0.25, 0.3) is 5.69 Å². The highest BCUT2D eigenvalue weighted by Crippen LogP contribution is 2.31. The van der Waals surface area contributed by atoms with Crippen molar-refractivity contribution >= 4 is 11.8 Å². The SMILES string of the molecule is Cc1cccc(C(=O)N2CCNC(=O)[C@@H]2c2c(C)nn(-c3ccccc3)c2C)c1. The summed E-state index contributed by atoms with van der Waals surface area (Å²) in [6.45, 7) is 6.68. The number of benzene rings is 2. The fourth-order valence-corrected chi connectivity index (χ4v) is 3.99.